The number of anilines is 1. The Morgan fingerprint density at radius 3 is 2.63 bits per heavy atom. The molecule has 0 spiro atoms. The normalized spacial score (nSPS) is 11.0. The Morgan fingerprint density at radius 2 is 1.81 bits per heavy atom. The fourth-order valence-electron chi connectivity index (χ4n) is 3.01. The van der Waals surface area contributed by atoms with Crippen LogP contribution in [0.2, 0.25) is 0 Å². The average Bonchev–Trinajstić information content (AvgIpc) is 2.96. The second kappa shape index (κ2) is 6.45. The van der Waals surface area contributed by atoms with Gasteiger partial charge in [0, 0.05) is 11.1 Å². The number of oxazole rings is 1. The number of fused-ring (bicyclic) bond motifs is 2. The Labute approximate surface area is 152 Å². The average molecular weight is 362 g/mol. The van der Waals surface area contributed by atoms with Gasteiger partial charge in [-0.05, 0) is 29.7 Å². The van der Waals surface area contributed by atoms with Crippen molar-refractivity contribution < 1.29 is 19.1 Å². The molecule has 1 heterocycles. The van der Waals surface area contributed by atoms with E-state index in [1.807, 2.05) is 36.4 Å². The molecule has 0 atom stereocenters. The van der Waals surface area contributed by atoms with E-state index < -0.39 is 17.6 Å². The fourth-order valence-corrected chi connectivity index (χ4v) is 3.01. The maximum atomic E-state index is 12.5. The van der Waals surface area contributed by atoms with Crippen molar-refractivity contribution in [3.05, 3.63) is 76.8 Å². The lowest BCUT2D eigenvalue weighted by atomic mass is 10.1. The fraction of sp³-hybridized carbons (Fsp3) is 0.0500. The van der Waals surface area contributed by atoms with Gasteiger partial charge in [-0.25, -0.2) is 9.59 Å². The van der Waals surface area contributed by atoms with E-state index in [4.69, 9.17) is 9.52 Å². The number of nitrogens with one attached hydrogen (secondary N) is 1. The van der Waals surface area contributed by atoms with E-state index in [0.717, 1.165) is 15.3 Å². The first-order chi connectivity index (χ1) is 13.0. The molecule has 0 saturated carbocycles. The minimum absolute atomic E-state index is 0.00603. The molecule has 0 fully saturated rings. The standard InChI is InChI=1S/C20H14N2O5/c23-18(21-15-7-3-5-12-4-1-2-6-14(12)15)11-22-16-10-13(19(24)25)8-9-17(16)27-20(22)26/h1-10H,11H2,(H,21,23)(H,24,25). The molecular weight excluding hydrogens is 348 g/mol. The molecule has 134 valence electrons. The topological polar surface area (TPSA) is 102 Å². The Morgan fingerprint density at radius 1 is 1.04 bits per heavy atom. The highest BCUT2D eigenvalue weighted by molar-refractivity contribution is 6.02. The van der Waals surface area contributed by atoms with E-state index in [1.54, 1.807) is 6.07 Å². The lowest BCUT2D eigenvalue weighted by Crippen LogP contribution is -2.24. The molecule has 0 unspecified atom stereocenters. The van der Waals surface area contributed by atoms with Crippen molar-refractivity contribution in [2.75, 3.05) is 5.32 Å². The molecule has 4 aromatic rings. The van der Waals surface area contributed by atoms with E-state index in [9.17, 15) is 14.4 Å². The van der Waals surface area contributed by atoms with Gasteiger partial charge in [0.15, 0.2) is 5.58 Å². The number of carbonyl (C=O) groups excluding carboxylic acids is 1. The number of hydrogen-bond donors (Lipinski definition) is 2. The van der Waals surface area contributed by atoms with Crippen LogP contribution in [0.25, 0.3) is 21.9 Å². The molecule has 3 aromatic carbocycles. The molecule has 0 bridgehead atoms. The number of carboxylic acids is 1. The van der Waals surface area contributed by atoms with Gasteiger partial charge < -0.3 is 14.8 Å². The Hall–Kier alpha value is -3.87. The van der Waals surface area contributed by atoms with E-state index in [0.29, 0.717) is 5.69 Å². The summed E-state index contributed by atoms with van der Waals surface area (Å²) in [6.45, 7) is -0.294. The molecule has 0 aliphatic rings. The highest BCUT2D eigenvalue weighted by Gasteiger charge is 2.15. The highest BCUT2D eigenvalue weighted by atomic mass is 16.4. The maximum absolute atomic E-state index is 12.5. The summed E-state index contributed by atoms with van der Waals surface area (Å²) in [6.07, 6.45) is 0. The number of hydrogen-bond acceptors (Lipinski definition) is 4. The SMILES string of the molecule is O=C(Cn1c(=O)oc2ccc(C(=O)O)cc21)Nc1cccc2ccccc12. The van der Waals surface area contributed by atoms with Crippen LogP contribution in [0.1, 0.15) is 10.4 Å². The van der Waals surface area contributed by atoms with E-state index in [1.165, 1.54) is 18.2 Å². The van der Waals surface area contributed by atoms with Gasteiger partial charge in [0.25, 0.3) is 0 Å². The van der Waals surface area contributed by atoms with Crippen LogP contribution in [-0.2, 0) is 11.3 Å². The van der Waals surface area contributed by atoms with Gasteiger partial charge in [0.05, 0.1) is 11.1 Å². The molecule has 1 aromatic heterocycles. The number of aromatic nitrogens is 1. The maximum Gasteiger partial charge on any atom is 0.420 e. The summed E-state index contributed by atoms with van der Waals surface area (Å²) in [7, 11) is 0. The first-order valence-electron chi connectivity index (χ1n) is 8.17. The minimum Gasteiger partial charge on any atom is -0.478 e. The van der Waals surface area contributed by atoms with Crippen molar-refractivity contribution in [3.8, 4) is 0 Å². The third-order valence-electron chi connectivity index (χ3n) is 4.28. The van der Waals surface area contributed by atoms with E-state index in [-0.39, 0.29) is 23.2 Å². The third kappa shape index (κ3) is 3.06. The largest absolute Gasteiger partial charge is 0.478 e. The van der Waals surface area contributed by atoms with Gasteiger partial charge in [-0.15, -0.1) is 0 Å². The van der Waals surface area contributed by atoms with Gasteiger partial charge in [0.2, 0.25) is 5.91 Å². The summed E-state index contributed by atoms with van der Waals surface area (Å²) >= 11 is 0. The van der Waals surface area contributed by atoms with Crippen LogP contribution in [0.15, 0.2) is 69.9 Å². The summed E-state index contributed by atoms with van der Waals surface area (Å²) in [5.41, 5.74) is 1.12. The van der Waals surface area contributed by atoms with Gasteiger partial charge in [0.1, 0.15) is 6.54 Å². The molecule has 0 saturated heterocycles. The van der Waals surface area contributed by atoms with Crippen molar-refractivity contribution in [2.45, 2.75) is 6.54 Å². The Kier molecular flexibility index (Phi) is 3.97. The zero-order valence-corrected chi connectivity index (χ0v) is 14.0. The van der Waals surface area contributed by atoms with Crippen LogP contribution in [0.3, 0.4) is 0 Å². The minimum atomic E-state index is -1.13. The van der Waals surface area contributed by atoms with Crippen LogP contribution in [0.4, 0.5) is 5.69 Å². The molecule has 0 radical (unpaired) electrons. The summed E-state index contributed by atoms with van der Waals surface area (Å²) < 4.78 is 6.20. The number of benzene rings is 3. The second-order valence-corrected chi connectivity index (χ2v) is 6.02. The van der Waals surface area contributed by atoms with Crippen LogP contribution in [0.5, 0.6) is 0 Å². The van der Waals surface area contributed by atoms with E-state index in [2.05, 4.69) is 5.32 Å². The first-order valence-corrected chi connectivity index (χ1v) is 8.17. The van der Waals surface area contributed by atoms with Crippen molar-refractivity contribution >= 4 is 39.4 Å². The highest BCUT2D eigenvalue weighted by Crippen LogP contribution is 2.23. The van der Waals surface area contributed by atoms with Crippen LogP contribution >= 0.6 is 0 Å². The molecule has 1 amide bonds. The zero-order chi connectivity index (χ0) is 19.0. The zero-order valence-electron chi connectivity index (χ0n) is 14.0. The molecular formula is C20H14N2O5. The molecule has 0 aliphatic carbocycles. The van der Waals surface area contributed by atoms with Gasteiger partial charge in [-0.2, -0.15) is 0 Å². The number of amides is 1. The molecule has 0 aliphatic heterocycles. The molecule has 7 nitrogen and oxygen atoms in total. The monoisotopic (exact) mass is 362 g/mol. The van der Waals surface area contributed by atoms with Crippen LogP contribution in [-0.4, -0.2) is 21.6 Å². The number of rotatable bonds is 4. The summed E-state index contributed by atoms with van der Waals surface area (Å²) in [6, 6.07) is 17.2. The predicted octanol–water partition coefficient (Wildman–Crippen LogP) is 3.08. The van der Waals surface area contributed by atoms with Gasteiger partial charge in [-0.1, -0.05) is 36.4 Å². The Bertz CT molecular complexity index is 1250. The second-order valence-electron chi connectivity index (χ2n) is 6.02. The predicted molar refractivity (Wildman–Crippen MR) is 100 cm³/mol. The number of carboxylic acid groups (broad SMARTS) is 1. The summed E-state index contributed by atoms with van der Waals surface area (Å²) in [4.78, 5) is 35.8. The smallest absolute Gasteiger partial charge is 0.420 e. The van der Waals surface area contributed by atoms with Crippen LogP contribution in [0, 0.1) is 0 Å². The summed E-state index contributed by atoms with van der Waals surface area (Å²) in [5, 5.41) is 13.8. The molecule has 27 heavy (non-hydrogen) atoms. The third-order valence-corrected chi connectivity index (χ3v) is 4.28. The molecule has 2 N–H and O–H groups in total. The lowest BCUT2D eigenvalue weighted by Gasteiger charge is -2.09. The van der Waals surface area contributed by atoms with Gasteiger partial charge in [-0.3, -0.25) is 9.36 Å². The Balaban J connectivity index is 1.66. The first kappa shape index (κ1) is 16.6. The van der Waals surface area contributed by atoms with Crippen molar-refractivity contribution in [1.29, 1.82) is 0 Å². The number of carbonyl (C=O) groups is 2. The van der Waals surface area contributed by atoms with E-state index >= 15 is 0 Å². The summed E-state index contributed by atoms with van der Waals surface area (Å²) in [5.74, 6) is -2.27. The number of nitrogens with zero attached hydrogens (tertiary/aromatic N) is 1. The van der Waals surface area contributed by atoms with Gasteiger partial charge >= 0.3 is 11.7 Å². The molecule has 4 rings (SSSR count). The van der Waals surface area contributed by atoms with Crippen molar-refractivity contribution in [3.63, 3.8) is 0 Å². The quantitative estimate of drug-likeness (QED) is 0.581. The lowest BCUT2D eigenvalue weighted by molar-refractivity contribution is -0.116. The number of aromatic carboxylic acids is 1. The van der Waals surface area contributed by atoms with Crippen LogP contribution < -0.4 is 11.1 Å². The van der Waals surface area contributed by atoms with Crippen molar-refractivity contribution in [2.24, 2.45) is 0 Å². The van der Waals surface area contributed by atoms with Crippen molar-refractivity contribution in [1.82, 2.24) is 4.57 Å². The molecule has 7 heteroatoms.